The largest absolute Gasteiger partial charge is 0.375 e. The average molecular weight is 449 g/mol. The molecule has 0 aliphatic carbocycles. The van der Waals surface area contributed by atoms with E-state index < -0.39 is 0 Å². The zero-order valence-electron chi connectivity index (χ0n) is 21.0. The van der Waals surface area contributed by atoms with Crippen molar-refractivity contribution in [2.75, 3.05) is 18.5 Å². The fraction of sp³-hybridized carbons (Fsp3) is 0.692. The fourth-order valence-corrected chi connectivity index (χ4v) is 3.92. The quantitative estimate of drug-likeness (QED) is 0.332. The molecular formula is C26H44N2O2S. The van der Waals surface area contributed by atoms with Crippen LogP contribution in [0.1, 0.15) is 93.1 Å². The molecule has 176 valence electrons. The van der Waals surface area contributed by atoms with Crippen LogP contribution in [0.15, 0.2) is 24.3 Å². The van der Waals surface area contributed by atoms with Gasteiger partial charge < -0.3 is 15.4 Å². The highest BCUT2D eigenvalue weighted by Crippen LogP contribution is 2.29. The van der Waals surface area contributed by atoms with Crippen molar-refractivity contribution in [3.8, 4) is 0 Å². The van der Waals surface area contributed by atoms with Crippen LogP contribution in [0.25, 0.3) is 0 Å². The Morgan fingerprint density at radius 1 is 0.968 bits per heavy atom. The first-order chi connectivity index (χ1) is 14.3. The normalized spacial score (nSPS) is 12.5. The molecule has 0 aliphatic heterocycles. The van der Waals surface area contributed by atoms with Gasteiger partial charge in [0.15, 0.2) is 5.11 Å². The number of Topliss-reactive ketones (excluding diaryl/α,β-unsaturated/α-hetero) is 1. The third-order valence-electron chi connectivity index (χ3n) is 6.11. The van der Waals surface area contributed by atoms with Gasteiger partial charge in [0.2, 0.25) is 0 Å². The summed E-state index contributed by atoms with van der Waals surface area (Å²) in [5.74, 6) is 0.286. The second-order valence-electron chi connectivity index (χ2n) is 10.4. The van der Waals surface area contributed by atoms with Crippen LogP contribution in [-0.4, -0.2) is 29.6 Å². The Morgan fingerprint density at radius 3 is 2.13 bits per heavy atom. The number of carbonyl (C=O) groups is 1. The Labute approximate surface area is 195 Å². The van der Waals surface area contributed by atoms with E-state index >= 15 is 0 Å². The molecule has 0 bridgehead atoms. The molecule has 0 atom stereocenters. The van der Waals surface area contributed by atoms with E-state index in [0.717, 1.165) is 25.1 Å². The number of thiocarbonyl (C=S) groups is 1. The molecule has 4 nitrogen and oxygen atoms in total. The molecule has 0 amide bonds. The molecule has 0 unspecified atom stereocenters. The number of ether oxygens (including phenoxy) is 1. The Bertz CT molecular complexity index is 709. The summed E-state index contributed by atoms with van der Waals surface area (Å²) in [4.78, 5) is 12.0. The number of carbonyl (C=O) groups excluding carboxylic acids is 1. The van der Waals surface area contributed by atoms with Crippen molar-refractivity contribution in [1.82, 2.24) is 5.32 Å². The second-order valence-corrected chi connectivity index (χ2v) is 10.8. The zero-order valence-corrected chi connectivity index (χ0v) is 21.8. The van der Waals surface area contributed by atoms with Gasteiger partial charge in [0.1, 0.15) is 5.78 Å². The summed E-state index contributed by atoms with van der Waals surface area (Å²) in [6.07, 6.45) is 4.48. The van der Waals surface area contributed by atoms with Gasteiger partial charge in [-0.1, -0.05) is 60.1 Å². The lowest BCUT2D eigenvalue weighted by Gasteiger charge is -2.29. The molecule has 0 saturated heterocycles. The fourth-order valence-electron chi connectivity index (χ4n) is 3.70. The van der Waals surface area contributed by atoms with Gasteiger partial charge >= 0.3 is 0 Å². The molecule has 0 aliphatic rings. The van der Waals surface area contributed by atoms with E-state index in [1.165, 1.54) is 18.4 Å². The maximum atomic E-state index is 12.0. The molecule has 5 heteroatoms. The molecule has 0 spiro atoms. The first kappa shape index (κ1) is 27.6. The molecule has 1 aromatic rings. The lowest BCUT2D eigenvalue weighted by Crippen LogP contribution is -2.36. The second kappa shape index (κ2) is 12.0. The van der Waals surface area contributed by atoms with Crippen molar-refractivity contribution in [2.45, 2.75) is 98.5 Å². The molecule has 0 radical (unpaired) electrons. The highest BCUT2D eigenvalue weighted by molar-refractivity contribution is 7.80. The van der Waals surface area contributed by atoms with E-state index in [1.54, 1.807) is 0 Å². The van der Waals surface area contributed by atoms with E-state index in [9.17, 15) is 4.79 Å². The van der Waals surface area contributed by atoms with Crippen LogP contribution in [0.5, 0.6) is 0 Å². The third kappa shape index (κ3) is 9.69. The monoisotopic (exact) mass is 448 g/mol. The van der Waals surface area contributed by atoms with Crippen molar-refractivity contribution in [3.63, 3.8) is 0 Å². The molecular weight excluding hydrogens is 404 g/mol. The Morgan fingerprint density at radius 2 is 1.58 bits per heavy atom. The van der Waals surface area contributed by atoms with E-state index in [-0.39, 0.29) is 22.2 Å². The van der Waals surface area contributed by atoms with Gasteiger partial charge in [0, 0.05) is 30.7 Å². The van der Waals surface area contributed by atoms with Crippen LogP contribution in [0.4, 0.5) is 5.69 Å². The van der Waals surface area contributed by atoms with Crippen LogP contribution in [-0.2, 0) is 14.9 Å². The number of rotatable bonds is 13. The molecule has 0 heterocycles. The molecule has 0 fully saturated rings. The molecule has 1 rings (SSSR count). The minimum atomic E-state index is -0.324. The predicted octanol–water partition coefficient (Wildman–Crippen LogP) is 6.63. The average Bonchev–Trinajstić information content (AvgIpc) is 2.67. The first-order valence-electron chi connectivity index (χ1n) is 11.7. The van der Waals surface area contributed by atoms with E-state index in [4.69, 9.17) is 17.0 Å². The standard InChI is InChI=1S/C26H44N2O2S/c1-9-15-24(3,4)20-11-13-21(14-12-20)28-23(31)27-18-16-26(7,8)30-19-17-25(5,6)22(29)10-2/h11-14H,9-10,15-19H2,1-8H3,(H2,27,28,31). The summed E-state index contributed by atoms with van der Waals surface area (Å²) in [5.41, 5.74) is 1.93. The van der Waals surface area contributed by atoms with Gasteiger partial charge in [-0.15, -0.1) is 0 Å². The lowest BCUT2D eigenvalue weighted by atomic mass is 9.81. The molecule has 0 saturated carbocycles. The minimum absolute atomic E-state index is 0.191. The van der Waals surface area contributed by atoms with E-state index in [1.807, 2.05) is 20.8 Å². The van der Waals surface area contributed by atoms with Gasteiger partial charge in [0.25, 0.3) is 0 Å². The highest BCUT2D eigenvalue weighted by atomic mass is 32.1. The van der Waals surface area contributed by atoms with Crippen LogP contribution in [0, 0.1) is 5.41 Å². The third-order valence-corrected chi connectivity index (χ3v) is 6.35. The molecule has 1 aromatic carbocycles. The maximum absolute atomic E-state index is 12.0. The Kier molecular flexibility index (Phi) is 10.6. The molecule has 31 heavy (non-hydrogen) atoms. The summed E-state index contributed by atoms with van der Waals surface area (Å²) in [6, 6.07) is 8.55. The summed E-state index contributed by atoms with van der Waals surface area (Å²) in [6.45, 7) is 18.2. The summed E-state index contributed by atoms with van der Waals surface area (Å²) < 4.78 is 6.07. The zero-order chi connectivity index (χ0) is 23.7. The Balaban J connectivity index is 2.41. The maximum Gasteiger partial charge on any atom is 0.170 e. The van der Waals surface area contributed by atoms with Crippen LogP contribution in [0.2, 0.25) is 0 Å². The van der Waals surface area contributed by atoms with Crippen LogP contribution >= 0.6 is 12.2 Å². The SMILES string of the molecule is CCCC(C)(C)c1ccc(NC(=S)NCCC(C)(C)OCCC(C)(C)C(=O)CC)cc1. The molecule has 2 N–H and O–H groups in total. The van der Waals surface area contributed by atoms with Crippen LogP contribution in [0.3, 0.4) is 0 Å². The summed E-state index contributed by atoms with van der Waals surface area (Å²) in [7, 11) is 0. The summed E-state index contributed by atoms with van der Waals surface area (Å²) in [5, 5.41) is 7.15. The van der Waals surface area contributed by atoms with E-state index in [0.29, 0.717) is 18.1 Å². The number of anilines is 1. The topological polar surface area (TPSA) is 50.4 Å². The number of nitrogens with one attached hydrogen (secondary N) is 2. The van der Waals surface area contributed by atoms with Crippen molar-refractivity contribution in [1.29, 1.82) is 0 Å². The van der Waals surface area contributed by atoms with Gasteiger partial charge in [0.05, 0.1) is 5.60 Å². The van der Waals surface area contributed by atoms with Crippen molar-refractivity contribution in [3.05, 3.63) is 29.8 Å². The number of hydrogen-bond acceptors (Lipinski definition) is 3. The number of hydrogen-bond donors (Lipinski definition) is 2. The van der Waals surface area contributed by atoms with E-state index in [2.05, 4.69) is 69.5 Å². The van der Waals surface area contributed by atoms with Crippen molar-refractivity contribution in [2.24, 2.45) is 5.41 Å². The van der Waals surface area contributed by atoms with Gasteiger partial charge in [-0.25, -0.2) is 0 Å². The highest BCUT2D eigenvalue weighted by Gasteiger charge is 2.27. The smallest absolute Gasteiger partial charge is 0.170 e. The van der Waals surface area contributed by atoms with Crippen molar-refractivity contribution < 1.29 is 9.53 Å². The molecule has 0 aromatic heterocycles. The Hall–Kier alpha value is -1.46. The van der Waals surface area contributed by atoms with Gasteiger partial charge in [-0.05, 0) is 68.4 Å². The van der Waals surface area contributed by atoms with Crippen molar-refractivity contribution >= 4 is 28.8 Å². The number of ketones is 1. The lowest BCUT2D eigenvalue weighted by molar-refractivity contribution is -0.128. The first-order valence-corrected chi connectivity index (χ1v) is 12.1. The number of benzene rings is 1. The van der Waals surface area contributed by atoms with Gasteiger partial charge in [-0.3, -0.25) is 4.79 Å². The van der Waals surface area contributed by atoms with Crippen LogP contribution < -0.4 is 10.6 Å². The predicted molar refractivity (Wildman–Crippen MR) is 137 cm³/mol. The summed E-state index contributed by atoms with van der Waals surface area (Å²) >= 11 is 5.45. The van der Waals surface area contributed by atoms with Gasteiger partial charge in [-0.2, -0.15) is 0 Å². The minimum Gasteiger partial charge on any atom is -0.375 e.